The topological polar surface area (TPSA) is 17.1 Å². The Kier molecular flexibility index (Phi) is 1.39. The summed E-state index contributed by atoms with van der Waals surface area (Å²) in [6.07, 6.45) is 4.67. The molecule has 5 atom stereocenters. The molecule has 0 aromatic rings. The van der Waals surface area contributed by atoms with Gasteiger partial charge in [0.1, 0.15) is 5.78 Å². The van der Waals surface area contributed by atoms with Crippen molar-refractivity contribution in [2.75, 3.05) is 0 Å². The molecule has 0 aliphatic heterocycles. The lowest BCUT2D eigenvalue weighted by atomic mass is 9.55. The van der Waals surface area contributed by atoms with Gasteiger partial charge < -0.3 is 0 Å². The SMILES string of the molecule is O=C1[C@H]2C[C@@H]3C[C@H](C2)[C@@H](Cl)[C@H]1C3. The summed E-state index contributed by atoms with van der Waals surface area (Å²) in [7, 11) is 0. The van der Waals surface area contributed by atoms with Crippen LogP contribution in [0.1, 0.15) is 25.7 Å². The monoisotopic (exact) mass is 184 g/mol. The third-order valence-electron chi connectivity index (χ3n) is 4.03. The van der Waals surface area contributed by atoms with Gasteiger partial charge in [0.25, 0.3) is 0 Å². The molecule has 2 heteroatoms. The van der Waals surface area contributed by atoms with Crippen LogP contribution in [-0.4, -0.2) is 11.2 Å². The van der Waals surface area contributed by atoms with Crippen molar-refractivity contribution in [3.63, 3.8) is 0 Å². The van der Waals surface area contributed by atoms with E-state index in [-0.39, 0.29) is 11.3 Å². The molecule has 0 heterocycles. The van der Waals surface area contributed by atoms with Crippen LogP contribution in [0.3, 0.4) is 0 Å². The Morgan fingerprint density at radius 3 is 2.83 bits per heavy atom. The van der Waals surface area contributed by atoms with Crippen LogP contribution in [-0.2, 0) is 4.79 Å². The highest BCUT2D eigenvalue weighted by Gasteiger charge is 2.52. The summed E-state index contributed by atoms with van der Waals surface area (Å²) in [5.41, 5.74) is 0. The maximum absolute atomic E-state index is 11.7. The van der Waals surface area contributed by atoms with Crippen LogP contribution in [0.5, 0.6) is 0 Å². The van der Waals surface area contributed by atoms with E-state index in [1.54, 1.807) is 0 Å². The Morgan fingerprint density at radius 1 is 1.17 bits per heavy atom. The molecule has 0 aromatic heterocycles. The van der Waals surface area contributed by atoms with E-state index in [0.717, 1.165) is 18.8 Å². The third-order valence-corrected chi connectivity index (χ3v) is 4.69. The molecule has 12 heavy (non-hydrogen) atoms. The van der Waals surface area contributed by atoms with E-state index in [2.05, 4.69) is 0 Å². The van der Waals surface area contributed by atoms with Gasteiger partial charge in [0.2, 0.25) is 0 Å². The second-order valence-corrected chi connectivity index (χ2v) is 5.22. The standard InChI is InChI=1S/C10H13ClO/c11-9-6-1-5-2-7(4-6)10(12)8(9)3-5/h5-9H,1-4H2/t5-,6+,7-,8+,9+/m0/s1. The first-order chi connectivity index (χ1) is 5.75. The predicted molar refractivity (Wildman–Crippen MR) is 47.1 cm³/mol. The molecule has 4 aliphatic rings. The molecular weight excluding hydrogens is 172 g/mol. The molecular formula is C10H13ClO. The van der Waals surface area contributed by atoms with Gasteiger partial charge in [-0.05, 0) is 37.5 Å². The maximum Gasteiger partial charge on any atom is 0.140 e. The Morgan fingerprint density at radius 2 is 2.00 bits per heavy atom. The smallest absolute Gasteiger partial charge is 0.140 e. The predicted octanol–water partition coefficient (Wildman–Crippen LogP) is 2.23. The van der Waals surface area contributed by atoms with E-state index in [4.69, 9.17) is 11.6 Å². The van der Waals surface area contributed by atoms with E-state index in [1.165, 1.54) is 12.8 Å². The van der Waals surface area contributed by atoms with Crippen LogP contribution >= 0.6 is 11.6 Å². The molecule has 0 unspecified atom stereocenters. The maximum atomic E-state index is 11.7. The quantitative estimate of drug-likeness (QED) is 0.528. The second-order valence-electron chi connectivity index (χ2n) is 4.72. The second kappa shape index (κ2) is 2.25. The van der Waals surface area contributed by atoms with Gasteiger partial charge >= 0.3 is 0 Å². The molecule has 4 aliphatic carbocycles. The number of hydrogen-bond donors (Lipinski definition) is 0. The van der Waals surface area contributed by atoms with Crippen LogP contribution < -0.4 is 0 Å². The first-order valence-electron chi connectivity index (χ1n) is 4.93. The van der Waals surface area contributed by atoms with Crippen molar-refractivity contribution < 1.29 is 4.79 Å². The number of alkyl halides is 1. The van der Waals surface area contributed by atoms with E-state index >= 15 is 0 Å². The summed E-state index contributed by atoms with van der Waals surface area (Å²) in [4.78, 5) is 11.7. The summed E-state index contributed by atoms with van der Waals surface area (Å²) >= 11 is 6.24. The fourth-order valence-electron chi connectivity index (χ4n) is 3.56. The van der Waals surface area contributed by atoms with Crippen LogP contribution in [0.15, 0.2) is 0 Å². The first-order valence-corrected chi connectivity index (χ1v) is 5.37. The molecule has 0 amide bonds. The number of Topliss-reactive ketones (excluding diaryl/α,β-unsaturated/α-hetero) is 1. The molecule has 0 radical (unpaired) electrons. The van der Waals surface area contributed by atoms with Crippen molar-refractivity contribution in [3.8, 4) is 0 Å². The minimum atomic E-state index is 0.185. The Labute approximate surface area is 77.5 Å². The minimum Gasteiger partial charge on any atom is -0.299 e. The van der Waals surface area contributed by atoms with E-state index in [1.807, 2.05) is 0 Å². The number of carbonyl (C=O) groups excluding carboxylic acids is 1. The van der Waals surface area contributed by atoms with Gasteiger partial charge in [-0.1, -0.05) is 0 Å². The zero-order valence-electron chi connectivity index (χ0n) is 7.00. The van der Waals surface area contributed by atoms with Gasteiger partial charge in [0.15, 0.2) is 0 Å². The first kappa shape index (κ1) is 7.37. The summed E-state index contributed by atoms with van der Waals surface area (Å²) in [5.74, 6) is 2.64. The van der Waals surface area contributed by atoms with Crippen molar-refractivity contribution in [3.05, 3.63) is 0 Å². The number of carbonyl (C=O) groups is 1. The van der Waals surface area contributed by atoms with E-state index in [0.29, 0.717) is 17.6 Å². The van der Waals surface area contributed by atoms with Gasteiger partial charge in [-0.25, -0.2) is 0 Å². The number of rotatable bonds is 0. The van der Waals surface area contributed by atoms with Crippen molar-refractivity contribution in [1.82, 2.24) is 0 Å². The lowest BCUT2D eigenvalue weighted by molar-refractivity contribution is -0.139. The lowest BCUT2D eigenvalue weighted by Crippen LogP contribution is -2.51. The number of ketones is 1. The molecule has 0 saturated heterocycles. The normalized spacial score (nSPS) is 56.4. The van der Waals surface area contributed by atoms with Gasteiger partial charge in [-0.15, -0.1) is 11.6 Å². The highest BCUT2D eigenvalue weighted by molar-refractivity contribution is 6.23. The molecule has 4 fully saturated rings. The fraction of sp³-hybridized carbons (Fsp3) is 0.900. The van der Waals surface area contributed by atoms with Crippen molar-refractivity contribution in [1.29, 1.82) is 0 Å². The van der Waals surface area contributed by atoms with E-state index in [9.17, 15) is 4.79 Å². The molecule has 0 N–H and O–H groups in total. The van der Waals surface area contributed by atoms with E-state index < -0.39 is 0 Å². The largest absolute Gasteiger partial charge is 0.299 e. The Bertz CT molecular complexity index is 238. The van der Waals surface area contributed by atoms with Crippen LogP contribution in [0.2, 0.25) is 0 Å². The molecule has 0 spiro atoms. The highest BCUT2D eigenvalue weighted by atomic mass is 35.5. The average molecular weight is 185 g/mol. The molecule has 66 valence electrons. The van der Waals surface area contributed by atoms with Crippen LogP contribution in [0.4, 0.5) is 0 Å². The van der Waals surface area contributed by atoms with Crippen LogP contribution in [0, 0.1) is 23.7 Å². The molecule has 1 nitrogen and oxygen atoms in total. The van der Waals surface area contributed by atoms with Crippen molar-refractivity contribution in [2.45, 2.75) is 31.1 Å². The lowest BCUT2D eigenvalue weighted by Gasteiger charge is -2.51. The zero-order valence-corrected chi connectivity index (χ0v) is 7.76. The third kappa shape index (κ3) is 0.783. The summed E-state index contributed by atoms with van der Waals surface area (Å²) < 4.78 is 0. The molecule has 4 rings (SSSR count). The Balaban J connectivity index is 1.98. The van der Waals surface area contributed by atoms with Crippen LogP contribution in [0.25, 0.3) is 0 Å². The summed E-state index contributed by atoms with van der Waals surface area (Å²) in [6, 6.07) is 0. The average Bonchev–Trinajstić information content (AvgIpc) is 2.07. The number of hydrogen-bond acceptors (Lipinski definition) is 1. The van der Waals surface area contributed by atoms with Crippen molar-refractivity contribution in [2.24, 2.45) is 23.7 Å². The minimum absolute atomic E-state index is 0.185. The van der Waals surface area contributed by atoms with Gasteiger partial charge in [-0.2, -0.15) is 0 Å². The zero-order chi connectivity index (χ0) is 8.29. The fourth-order valence-corrected chi connectivity index (χ4v) is 4.00. The molecule has 4 saturated carbocycles. The molecule has 4 bridgehead atoms. The summed E-state index contributed by atoms with van der Waals surface area (Å²) in [6.45, 7) is 0. The summed E-state index contributed by atoms with van der Waals surface area (Å²) in [5, 5.41) is 0.185. The van der Waals surface area contributed by atoms with Gasteiger partial charge in [0.05, 0.1) is 0 Å². The molecule has 0 aromatic carbocycles. The Hall–Kier alpha value is -0.0400. The highest BCUT2D eigenvalue weighted by Crippen LogP contribution is 2.53. The van der Waals surface area contributed by atoms with Crippen molar-refractivity contribution >= 4 is 17.4 Å². The van der Waals surface area contributed by atoms with Gasteiger partial charge in [-0.3, -0.25) is 4.79 Å². The number of halogens is 1. The van der Waals surface area contributed by atoms with Gasteiger partial charge in [0, 0.05) is 17.2 Å².